The molecule has 0 fully saturated rings. The van der Waals surface area contributed by atoms with Gasteiger partial charge in [-0.05, 0) is 48.9 Å². The van der Waals surface area contributed by atoms with Gasteiger partial charge in [0.2, 0.25) is 0 Å². The highest BCUT2D eigenvalue weighted by molar-refractivity contribution is 5.92. The Bertz CT molecular complexity index is 1060. The lowest BCUT2D eigenvalue weighted by atomic mass is 10.2. The maximum Gasteiger partial charge on any atom is 0.137 e. The zero-order valence-corrected chi connectivity index (χ0v) is 14.9. The molecule has 5 heteroatoms. The summed E-state index contributed by atoms with van der Waals surface area (Å²) in [6, 6.07) is 14.3. The van der Waals surface area contributed by atoms with Crippen molar-refractivity contribution >= 4 is 38.8 Å². The summed E-state index contributed by atoms with van der Waals surface area (Å²) in [6.45, 7) is 3.13. The number of aromatic nitrogens is 3. The zero-order valence-electron chi connectivity index (χ0n) is 14.9. The topological polar surface area (TPSA) is 68.2 Å². The lowest BCUT2D eigenvalue weighted by Crippen LogP contribution is -2.04. The van der Waals surface area contributed by atoms with E-state index in [0.717, 1.165) is 35.4 Å². The van der Waals surface area contributed by atoms with E-state index in [9.17, 15) is 0 Å². The molecule has 0 aliphatic heterocycles. The van der Waals surface area contributed by atoms with E-state index < -0.39 is 0 Å². The van der Waals surface area contributed by atoms with Gasteiger partial charge in [0, 0.05) is 34.7 Å². The summed E-state index contributed by atoms with van der Waals surface area (Å²) in [6.07, 6.45) is 7.31. The van der Waals surface area contributed by atoms with Gasteiger partial charge < -0.3 is 15.5 Å². The number of fused-ring (bicyclic) bond motifs is 1. The minimum absolute atomic E-state index is 0.740. The van der Waals surface area contributed by atoms with Crippen molar-refractivity contribution in [2.75, 3.05) is 17.6 Å². The third-order valence-electron chi connectivity index (χ3n) is 4.68. The molecule has 5 aromatic rings. The van der Waals surface area contributed by atoms with Crippen molar-refractivity contribution in [1.82, 2.24) is 14.4 Å². The Hall–Kier alpha value is -3.08. The van der Waals surface area contributed by atoms with Gasteiger partial charge in [-0.3, -0.25) is 0 Å². The van der Waals surface area contributed by atoms with E-state index in [1.54, 1.807) is 6.33 Å². The minimum atomic E-state index is 0.740. The minimum Gasteiger partial charge on any atom is -0.399 e. The molecule has 0 aliphatic carbocycles. The van der Waals surface area contributed by atoms with Crippen molar-refractivity contribution in [3.05, 3.63) is 55.0 Å². The average Bonchev–Trinajstić information content (AvgIpc) is 3.35. The molecule has 4 bridgehead atoms. The molecule has 26 heavy (non-hydrogen) atoms. The van der Waals surface area contributed by atoms with Gasteiger partial charge in [0.25, 0.3) is 0 Å². The molecule has 0 aliphatic rings. The van der Waals surface area contributed by atoms with Gasteiger partial charge in [-0.1, -0.05) is 19.8 Å². The van der Waals surface area contributed by atoms with Gasteiger partial charge in [-0.2, -0.15) is 0 Å². The summed E-state index contributed by atoms with van der Waals surface area (Å²) in [5, 5.41) is 5.70. The first-order valence-electron chi connectivity index (χ1n) is 9.12. The largest absolute Gasteiger partial charge is 0.399 e. The monoisotopic (exact) mass is 345 g/mol. The normalized spacial score (nSPS) is 11.3. The number of hydrogen-bond acceptors (Lipinski definition) is 4. The maximum atomic E-state index is 5.79. The van der Waals surface area contributed by atoms with E-state index in [1.165, 1.54) is 29.3 Å². The van der Waals surface area contributed by atoms with Crippen LogP contribution in [-0.4, -0.2) is 20.9 Å². The van der Waals surface area contributed by atoms with E-state index in [4.69, 9.17) is 5.73 Å². The van der Waals surface area contributed by atoms with Crippen LogP contribution in [-0.2, 0) is 0 Å². The van der Waals surface area contributed by atoms with Crippen LogP contribution in [0.1, 0.15) is 26.2 Å². The first kappa shape index (κ1) is 16.4. The Morgan fingerprint density at radius 2 is 1.96 bits per heavy atom. The summed E-state index contributed by atoms with van der Waals surface area (Å²) in [7, 11) is 0. The molecule has 0 unspecified atom stereocenters. The molecule has 5 rings (SSSR count). The van der Waals surface area contributed by atoms with Gasteiger partial charge in [0.15, 0.2) is 0 Å². The van der Waals surface area contributed by atoms with E-state index in [-0.39, 0.29) is 0 Å². The molecule has 0 spiro atoms. The summed E-state index contributed by atoms with van der Waals surface area (Å²) in [5.74, 6) is 0.874. The summed E-state index contributed by atoms with van der Waals surface area (Å²) >= 11 is 0. The Morgan fingerprint density at radius 1 is 1.04 bits per heavy atom. The lowest BCUT2D eigenvalue weighted by Gasteiger charge is -2.08. The number of unbranched alkanes of at least 4 members (excludes halogenated alkanes) is 2. The first-order chi connectivity index (χ1) is 12.8. The van der Waals surface area contributed by atoms with Crippen LogP contribution >= 0.6 is 0 Å². The number of nitrogens with one attached hydrogen (secondary N) is 1. The Morgan fingerprint density at radius 3 is 2.69 bits per heavy atom. The standard InChI is InChI=1S/C13H18N4.C8H5N/c1-2-3-4-7-15-13-11-8-10(14)5-6-12(11)16-9-17-13;1-2-8-6-3-4-9(8)7(1)5-6/h5-6,8-9H,2-4,7,14H2,1H3,(H,15,16,17);1-5H. The third kappa shape index (κ3) is 3.08. The number of rotatable bonds is 5. The SMILES string of the molecule is CCCCCNc1ncnc2ccc(N)cc12.c1cn2c3ccc2c1c3. The van der Waals surface area contributed by atoms with Crippen molar-refractivity contribution in [1.29, 1.82) is 0 Å². The second-order valence-corrected chi connectivity index (χ2v) is 6.56. The summed E-state index contributed by atoms with van der Waals surface area (Å²) in [5.41, 5.74) is 10.1. The van der Waals surface area contributed by atoms with Crippen LogP contribution in [0, 0.1) is 0 Å². The van der Waals surface area contributed by atoms with Crippen molar-refractivity contribution in [3.63, 3.8) is 0 Å². The summed E-state index contributed by atoms with van der Waals surface area (Å²) < 4.78 is 2.20. The maximum absolute atomic E-state index is 5.79. The predicted molar refractivity (Wildman–Crippen MR) is 109 cm³/mol. The molecular weight excluding hydrogens is 322 g/mol. The molecule has 0 radical (unpaired) electrons. The summed E-state index contributed by atoms with van der Waals surface area (Å²) in [4.78, 5) is 8.49. The molecule has 3 N–H and O–H groups in total. The molecule has 1 aromatic carbocycles. The smallest absolute Gasteiger partial charge is 0.137 e. The Kier molecular flexibility index (Phi) is 4.44. The van der Waals surface area contributed by atoms with Gasteiger partial charge in [-0.25, -0.2) is 9.97 Å². The molecule has 0 saturated carbocycles. The van der Waals surface area contributed by atoms with E-state index in [0.29, 0.717) is 0 Å². The van der Waals surface area contributed by atoms with Crippen LogP contribution in [0.4, 0.5) is 11.5 Å². The number of anilines is 2. The fourth-order valence-corrected chi connectivity index (χ4v) is 3.30. The van der Waals surface area contributed by atoms with Crippen molar-refractivity contribution in [2.24, 2.45) is 0 Å². The van der Waals surface area contributed by atoms with Gasteiger partial charge >= 0.3 is 0 Å². The molecule has 4 aromatic heterocycles. The molecule has 0 amide bonds. The fourth-order valence-electron chi connectivity index (χ4n) is 3.30. The van der Waals surface area contributed by atoms with Gasteiger partial charge in [-0.15, -0.1) is 0 Å². The van der Waals surface area contributed by atoms with Crippen molar-refractivity contribution in [2.45, 2.75) is 26.2 Å². The van der Waals surface area contributed by atoms with Crippen LogP contribution in [0.5, 0.6) is 0 Å². The van der Waals surface area contributed by atoms with Crippen molar-refractivity contribution in [3.8, 4) is 0 Å². The lowest BCUT2D eigenvalue weighted by molar-refractivity contribution is 0.742. The first-order valence-corrected chi connectivity index (χ1v) is 9.12. The van der Waals surface area contributed by atoms with E-state index in [2.05, 4.69) is 57.1 Å². The van der Waals surface area contributed by atoms with Crippen molar-refractivity contribution < 1.29 is 0 Å². The number of nitrogen functional groups attached to an aromatic ring is 1. The highest BCUT2D eigenvalue weighted by Gasteiger charge is 2.05. The van der Waals surface area contributed by atoms with E-state index in [1.807, 2.05) is 18.2 Å². The van der Waals surface area contributed by atoms with Crippen LogP contribution in [0.15, 0.2) is 55.0 Å². The third-order valence-corrected chi connectivity index (χ3v) is 4.68. The highest BCUT2D eigenvalue weighted by Crippen LogP contribution is 2.24. The van der Waals surface area contributed by atoms with Crippen LogP contribution in [0.2, 0.25) is 0 Å². The van der Waals surface area contributed by atoms with Gasteiger partial charge in [0.1, 0.15) is 12.1 Å². The quantitative estimate of drug-likeness (QED) is 0.355. The molecule has 5 nitrogen and oxygen atoms in total. The number of pyridine rings is 1. The number of hydrogen-bond donors (Lipinski definition) is 2. The van der Waals surface area contributed by atoms with Gasteiger partial charge in [0.05, 0.1) is 11.0 Å². The zero-order chi connectivity index (χ0) is 17.9. The van der Waals surface area contributed by atoms with Crippen LogP contribution < -0.4 is 11.1 Å². The molecule has 132 valence electrons. The molecular formula is C21H23N5. The predicted octanol–water partition coefficient (Wildman–Crippen LogP) is 4.78. The highest BCUT2D eigenvalue weighted by atomic mass is 15.0. The Balaban J connectivity index is 0.000000154. The Labute approximate surface area is 152 Å². The van der Waals surface area contributed by atoms with Crippen LogP contribution in [0.25, 0.3) is 27.3 Å². The molecule has 4 heterocycles. The average molecular weight is 345 g/mol. The second kappa shape index (κ2) is 7.04. The number of nitrogens with two attached hydrogens (primary N) is 1. The number of benzene rings is 2. The second-order valence-electron chi connectivity index (χ2n) is 6.56. The molecule has 0 atom stereocenters. The fraction of sp³-hybridized carbons (Fsp3) is 0.238. The van der Waals surface area contributed by atoms with Crippen LogP contribution in [0.3, 0.4) is 0 Å². The van der Waals surface area contributed by atoms with E-state index >= 15 is 0 Å². The molecule has 0 saturated heterocycles. The number of nitrogens with zero attached hydrogens (tertiary/aromatic N) is 3.